The summed E-state index contributed by atoms with van der Waals surface area (Å²) in [6.07, 6.45) is -23.7. The highest BCUT2D eigenvalue weighted by Crippen LogP contribution is 2.44. The van der Waals surface area contributed by atoms with Gasteiger partial charge in [0.1, 0.15) is 77.4 Å². The highest BCUT2D eigenvalue weighted by molar-refractivity contribution is 6.05. The summed E-state index contributed by atoms with van der Waals surface area (Å²) >= 11 is 0. The maximum Gasteiger partial charge on any atom is 0.203 e. The van der Waals surface area contributed by atoms with Crippen molar-refractivity contribution in [3.05, 3.63) is 47.5 Å². The maximum absolute atomic E-state index is 13.7. The molecule has 12 N–H and O–H groups in total. The van der Waals surface area contributed by atoms with Crippen LogP contribution in [0.3, 0.4) is 0 Å². The number of aliphatic hydroxyl groups excluding tert-OH is 9. The van der Waals surface area contributed by atoms with Crippen LogP contribution in [0.5, 0.6) is 23.0 Å². The Balaban J connectivity index is 1.68. The minimum atomic E-state index is -2.48. The Morgan fingerprint density at radius 1 is 0.841 bits per heavy atom. The van der Waals surface area contributed by atoms with E-state index in [1.165, 1.54) is 24.3 Å². The van der Waals surface area contributed by atoms with Gasteiger partial charge in [-0.1, -0.05) is 12.1 Å². The first-order valence-corrected chi connectivity index (χ1v) is 13.3. The minimum absolute atomic E-state index is 0.137. The minimum Gasteiger partial charge on any atom is -0.508 e. The molecule has 2 heterocycles. The first kappa shape index (κ1) is 33.7. The fourth-order valence-corrected chi connectivity index (χ4v) is 4.85. The average molecular weight is 631 g/mol. The molecule has 2 aromatic carbocycles. The molecule has 0 bridgehead atoms. The monoisotopic (exact) mass is 630 g/mol. The molecule has 0 spiro atoms. The third kappa shape index (κ3) is 6.74. The number of phenols is 3. The van der Waals surface area contributed by atoms with Crippen LogP contribution in [0.2, 0.25) is 0 Å². The second kappa shape index (κ2) is 13.9. The van der Waals surface area contributed by atoms with Crippen LogP contribution in [0.4, 0.5) is 0 Å². The molecule has 0 unspecified atom stereocenters. The van der Waals surface area contributed by atoms with Gasteiger partial charge >= 0.3 is 0 Å². The van der Waals surface area contributed by atoms with Gasteiger partial charge in [-0.2, -0.15) is 0 Å². The van der Waals surface area contributed by atoms with Gasteiger partial charge in [-0.3, -0.25) is 4.79 Å². The van der Waals surface area contributed by atoms with Crippen LogP contribution in [0.25, 0.3) is 0 Å². The molecule has 1 fully saturated rings. The molecule has 4 rings (SSSR count). The van der Waals surface area contributed by atoms with E-state index in [1.54, 1.807) is 0 Å². The standard InChI is InChI=1S/C27H34O17/c28-7-13(33)17(34)20(37)22(39)26(40)43-25-21(38)18(35)15(8-29)42-27(25)44-24-19(36)16-12(32)5-11(31)6-14(16)41-23(24)9-1-3-10(30)4-2-9/h1-6,13,15,17-18,20-35,37-40H,7-8H2/t13-,15+,17-,18+,20-,21-,22-,23-,24-,25+,26+,27-/m0/s1. The van der Waals surface area contributed by atoms with Gasteiger partial charge in [0, 0.05) is 12.1 Å². The van der Waals surface area contributed by atoms with Crippen molar-refractivity contribution in [1.29, 1.82) is 0 Å². The molecule has 17 heteroatoms. The lowest BCUT2D eigenvalue weighted by Gasteiger charge is -2.45. The molecule has 2 aliphatic rings. The van der Waals surface area contributed by atoms with Gasteiger partial charge < -0.3 is 80.2 Å². The van der Waals surface area contributed by atoms with Crippen LogP contribution < -0.4 is 4.74 Å². The highest BCUT2D eigenvalue weighted by atomic mass is 16.7. The number of fused-ring (bicyclic) bond motifs is 1. The summed E-state index contributed by atoms with van der Waals surface area (Å²) in [6, 6.07) is 7.21. The fourth-order valence-electron chi connectivity index (χ4n) is 4.85. The van der Waals surface area contributed by atoms with E-state index in [1.807, 2.05) is 0 Å². The zero-order valence-corrected chi connectivity index (χ0v) is 22.7. The molecule has 2 aromatic rings. The number of carbonyl (C=O) groups is 1. The van der Waals surface area contributed by atoms with Gasteiger partial charge in [0.2, 0.25) is 5.78 Å². The van der Waals surface area contributed by atoms with Crippen molar-refractivity contribution in [1.82, 2.24) is 0 Å². The Morgan fingerprint density at radius 3 is 2.11 bits per heavy atom. The first-order chi connectivity index (χ1) is 20.8. The largest absolute Gasteiger partial charge is 0.508 e. The van der Waals surface area contributed by atoms with E-state index in [0.717, 1.165) is 12.1 Å². The number of carbonyl (C=O) groups excluding carboxylic acids is 1. The zero-order chi connectivity index (χ0) is 32.5. The number of Topliss-reactive ketones (excluding diaryl/α,β-unsaturated/α-hetero) is 1. The molecule has 0 saturated carbocycles. The van der Waals surface area contributed by atoms with Crippen LogP contribution in [-0.4, -0.2) is 148 Å². The molecule has 0 aliphatic carbocycles. The summed E-state index contributed by atoms with van der Waals surface area (Å²) in [5.41, 5.74) is -0.178. The van der Waals surface area contributed by atoms with Crippen LogP contribution in [0.15, 0.2) is 36.4 Å². The molecule has 17 nitrogen and oxygen atoms in total. The Kier molecular flexibility index (Phi) is 10.6. The number of benzene rings is 2. The third-order valence-electron chi connectivity index (χ3n) is 7.30. The maximum atomic E-state index is 13.7. The van der Waals surface area contributed by atoms with E-state index in [9.17, 15) is 61.0 Å². The number of ketones is 1. The van der Waals surface area contributed by atoms with Gasteiger partial charge in [0.15, 0.2) is 24.8 Å². The summed E-state index contributed by atoms with van der Waals surface area (Å²) in [7, 11) is 0. The van der Waals surface area contributed by atoms with Crippen molar-refractivity contribution in [3.8, 4) is 23.0 Å². The number of aromatic hydroxyl groups is 3. The summed E-state index contributed by atoms with van der Waals surface area (Å²) in [5.74, 6) is -2.41. The number of aliphatic hydroxyl groups is 9. The molecule has 0 amide bonds. The van der Waals surface area contributed by atoms with Gasteiger partial charge in [-0.25, -0.2) is 0 Å². The van der Waals surface area contributed by atoms with Crippen LogP contribution >= 0.6 is 0 Å². The first-order valence-electron chi connectivity index (χ1n) is 13.3. The van der Waals surface area contributed by atoms with Crippen LogP contribution in [0, 0.1) is 0 Å². The lowest BCUT2D eigenvalue weighted by atomic mass is 9.92. The van der Waals surface area contributed by atoms with Crippen LogP contribution in [0.1, 0.15) is 22.0 Å². The molecule has 1 saturated heterocycles. The van der Waals surface area contributed by atoms with Gasteiger partial charge in [-0.05, 0) is 17.7 Å². The molecule has 44 heavy (non-hydrogen) atoms. The Hall–Kier alpha value is -3.17. The number of hydrogen-bond acceptors (Lipinski definition) is 17. The SMILES string of the molecule is O=C1c2c(O)cc(O)cc2O[C@@H](c2ccc(O)cc2)[C@H]1O[C@@H]1O[C@H](CO)[C@@H](O)[C@H](O)[C@H]1O[C@@H](O)[C@@H](O)[C@@H](O)[C@@H](O)[C@@H](O)CO. The zero-order valence-electron chi connectivity index (χ0n) is 22.7. The summed E-state index contributed by atoms with van der Waals surface area (Å²) < 4.78 is 22.5. The van der Waals surface area contributed by atoms with Crippen molar-refractivity contribution in [3.63, 3.8) is 0 Å². The summed E-state index contributed by atoms with van der Waals surface area (Å²) in [4.78, 5) is 13.7. The second-order valence-corrected chi connectivity index (χ2v) is 10.3. The third-order valence-corrected chi connectivity index (χ3v) is 7.30. The molecule has 2 aliphatic heterocycles. The lowest BCUT2D eigenvalue weighted by Crippen LogP contribution is -2.63. The van der Waals surface area contributed by atoms with Crippen molar-refractivity contribution >= 4 is 5.78 Å². The van der Waals surface area contributed by atoms with E-state index in [2.05, 4.69) is 0 Å². The van der Waals surface area contributed by atoms with E-state index in [0.29, 0.717) is 0 Å². The van der Waals surface area contributed by atoms with Gasteiger partial charge in [0.05, 0.1) is 13.2 Å². The van der Waals surface area contributed by atoms with Gasteiger partial charge in [-0.15, -0.1) is 0 Å². The Labute approximate surface area is 248 Å². The molecule has 12 atom stereocenters. The normalized spacial score (nSPS) is 30.5. The predicted octanol–water partition coefficient (Wildman–Crippen LogP) is -3.92. The molecule has 0 radical (unpaired) electrons. The molecule has 0 aromatic heterocycles. The summed E-state index contributed by atoms with van der Waals surface area (Å²) in [6.45, 7) is -1.89. The second-order valence-electron chi connectivity index (χ2n) is 10.3. The van der Waals surface area contributed by atoms with Crippen LogP contribution in [-0.2, 0) is 14.2 Å². The van der Waals surface area contributed by atoms with E-state index in [-0.39, 0.29) is 17.1 Å². The summed E-state index contributed by atoms with van der Waals surface area (Å²) in [5, 5.41) is 120. The number of phenolic OH excluding ortho intramolecular Hbond substituents is 3. The van der Waals surface area contributed by atoms with Crippen molar-refractivity contribution in [2.24, 2.45) is 0 Å². The van der Waals surface area contributed by atoms with E-state index >= 15 is 0 Å². The topological polar surface area (TPSA) is 297 Å². The van der Waals surface area contributed by atoms with Gasteiger partial charge in [0.25, 0.3) is 0 Å². The smallest absolute Gasteiger partial charge is 0.203 e. The fraction of sp³-hybridized carbons (Fsp3) is 0.519. The number of rotatable bonds is 11. The Morgan fingerprint density at radius 2 is 1.50 bits per heavy atom. The highest BCUT2D eigenvalue weighted by Gasteiger charge is 2.51. The number of ether oxygens (including phenoxy) is 4. The molecular weight excluding hydrogens is 596 g/mol. The van der Waals surface area contributed by atoms with E-state index in [4.69, 9.17) is 24.1 Å². The van der Waals surface area contributed by atoms with Crippen molar-refractivity contribution in [2.45, 2.75) is 73.6 Å². The van der Waals surface area contributed by atoms with E-state index < -0.39 is 110 Å². The van der Waals surface area contributed by atoms with Crippen molar-refractivity contribution in [2.75, 3.05) is 13.2 Å². The molecular formula is C27H34O17. The predicted molar refractivity (Wildman–Crippen MR) is 140 cm³/mol. The lowest BCUT2D eigenvalue weighted by molar-refractivity contribution is -0.348. The number of hydrogen-bond donors (Lipinski definition) is 12. The Bertz CT molecular complexity index is 1270. The average Bonchev–Trinajstić information content (AvgIpc) is 3.00. The molecule has 244 valence electrons. The quantitative estimate of drug-likeness (QED) is 0.106. The van der Waals surface area contributed by atoms with Crippen molar-refractivity contribution < 1.29 is 85.0 Å².